The van der Waals surface area contributed by atoms with Crippen molar-refractivity contribution in [2.75, 3.05) is 0 Å². The second kappa shape index (κ2) is 9.05. The fraction of sp³-hybridized carbons (Fsp3) is 0. The van der Waals surface area contributed by atoms with Gasteiger partial charge in [0.15, 0.2) is 0 Å². The molecule has 0 heterocycles. The second-order valence-electron chi connectivity index (χ2n) is 7.93. The number of benzene rings is 5. The Bertz CT molecular complexity index is 1570. The van der Waals surface area contributed by atoms with Crippen molar-refractivity contribution in [3.05, 3.63) is 132 Å². The zero-order valence-electron chi connectivity index (χ0n) is 18.1. The number of hydrogen-bond acceptors (Lipinski definition) is 1. The maximum Gasteiger partial charge on any atom is 0.336 e. The molecule has 0 fully saturated rings. The number of carboxylic acids is 1. The van der Waals surface area contributed by atoms with Gasteiger partial charge in [-0.05, 0) is 69.4 Å². The van der Waals surface area contributed by atoms with Crippen LogP contribution in [-0.2, 0) is 0 Å². The van der Waals surface area contributed by atoms with E-state index in [0.717, 1.165) is 27.8 Å². The van der Waals surface area contributed by atoms with Crippen LogP contribution in [0, 0.1) is 17.7 Å². The van der Waals surface area contributed by atoms with E-state index in [1.54, 1.807) is 24.3 Å². The summed E-state index contributed by atoms with van der Waals surface area (Å²) in [6.45, 7) is 0. The highest BCUT2D eigenvalue weighted by molar-refractivity contribution is 5.96. The van der Waals surface area contributed by atoms with E-state index in [9.17, 15) is 14.3 Å². The van der Waals surface area contributed by atoms with E-state index in [4.69, 9.17) is 0 Å². The fourth-order valence-corrected chi connectivity index (χ4v) is 4.01. The molecule has 0 aliphatic heterocycles. The van der Waals surface area contributed by atoms with Crippen molar-refractivity contribution in [2.45, 2.75) is 0 Å². The molecule has 0 saturated carbocycles. The topological polar surface area (TPSA) is 37.3 Å². The van der Waals surface area contributed by atoms with Crippen molar-refractivity contribution in [2.24, 2.45) is 0 Å². The first-order valence-corrected chi connectivity index (χ1v) is 10.8. The van der Waals surface area contributed by atoms with Crippen molar-refractivity contribution in [1.29, 1.82) is 0 Å². The normalized spacial score (nSPS) is 10.5. The van der Waals surface area contributed by atoms with Crippen LogP contribution in [0.25, 0.3) is 33.0 Å². The van der Waals surface area contributed by atoms with Crippen LogP contribution in [0.2, 0.25) is 0 Å². The summed E-state index contributed by atoms with van der Waals surface area (Å²) in [7, 11) is 0. The average molecular weight is 442 g/mol. The average Bonchev–Trinajstić information content (AvgIpc) is 2.87. The van der Waals surface area contributed by atoms with E-state index < -0.39 is 5.97 Å². The Balaban J connectivity index is 1.48. The summed E-state index contributed by atoms with van der Waals surface area (Å²) in [6, 6.07) is 33.5. The van der Waals surface area contributed by atoms with Gasteiger partial charge in [-0.1, -0.05) is 84.6 Å². The molecule has 34 heavy (non-hydrogen) atoms. The maximum atomic E-state index is 13.3. The van der Waals surface area contributed by atoms with Crippen LogP contribution in [0.1, 0.15) is 21.5 Å². The van der Waals surface area contributed by atoms with Gasteiger partial charge in [0.1, 0.15) is 5.82 Å². The Labute approximate surface area is 196 Å². The van der Waals surface area contributed by atoms with E-state index in [1.807, 2.05) is 42.5 Å². The highest BCUT2D eigenvalue weighted by Gasteiger charge is 2.10. The lowest BCUT2D eigenvalue weighted by Crippen LogP contribution is -2.00. The van der Waals surface area contributed by atoms with Crippen molar-refractivity contribution in [3.63, 3.8) is 0 Å². The van der Waals surface area contributed by atoms with Gasteiger partial charge < -0.3 is 5.11 Å². The Morgan fingerprint density at radius 2 is 1.35 bits per heavy atom. The number of carbonyl (C=O) groups is 1. The van der Waals surface area contributed by atoms with Crippen molar-refractivity contribution < 1.29 is 14.3 Å². The zero-order valence-corrected chi connectivity index (χ0v) is 18.1. The van der Waals surface area contributed by atoms with E-state index in [2.05, 4.69) is 36.1 Å². The van der Waals surface area contributed by atoms with Crippen molar-refractivity contribution in [3.8, 4) is 34.1 Å². The van der Waals surface area contributed by atoms with Crippen LogP contribution in [0.5, 0.6) is 0 Å². The largest absolute Gasteiger partial charge is 0.478 e. The van der Waals surface area contributed by atoms with Gasteiger partial charge in [-0.25, -0.2) is 9.18 Å². The van der Waals surface area contributed by atoms with Crippen molar-refractivity contribution >= 4 is 16.7 Å². The van der Waals surface area contributed by atoms with Gasteiger partial charge in [0, 0.05) is 11.1 Å². The SMILES string of the molecule is O=C(O)c1ccc(-c2ccc(F)cc2)cc1C#Cc1ccc(-c2cccc3ccccc23)cc1. The highest BCUT2D eigenvalue weighted by atomic mass is 19.1. The second-order valence-corrected chi connectivity index (χ2v) is 7.93. The third kappa shape index (κ3) is 4.30. The molecule has 3 heteroatoms. The summed E-state index contributed by atoms with van der Waals surface area (Å²) >= 11 is 0. The van der Waals surface area contributed by atoms with Crippen LogP contribution >= 0.6 is 0 Å². The molecule has 0 saturated heterocycles. The molecule has 5 aromatic rings. The maximum absolute atomic E-state index is 13.3. The third-order valence-corrected chi connectivity index (χ3v) is 5.75. The van der Waals surface area contributed by atoms with E-state index >= 15 is 0 Å². The number of carboxylic acid groups (broad SMARTS) is 1. The number of fused-ring (bicyclic) bond motifs is 1. The molecule has 162 valence electrons. The smallest absolute Gasteiger partial charge is 0.336 e. The van der Waals surface area contributed by atoms with E-state index in [-0.39, 0.29) is 11.4 Å². The lowest BCUT2D eigenvalue weighted by molar-refractivity contribution is 0.0696. The molecule has 0 aromatic heterocycles. The predicted molar refractivity (Wildman–Crippen MR) is 134 cm³/mol. The summed E-state index contributed by atoms with van der Waals surface area (Å²) in [6.07, 6.45) is 0. The molecule has 0 unspecified atom stereocenters. The first kappa shape index (κ1) is 21.2. The fourth-order valence-electron chi connectivity index (χ4n) is 4.01. The van der Waals surface area contributed by atoms with Crippen molar-refractivity contribution in [1.82, 2.24) is 0 Å². The van der Waals surface area contributed by atoms with E-state index in [1.165, 1.54) is 29.0 Å². The number of rotatable bonds is 3. The minimum atomic E-state index is -1.04. The molecule has 5 aromatic carbocycles. The van der Waals surface area contributed by atoms with Gasteiger partial charge in [0.05, 0.1) is 5.56 Å². The molecule has 1 N–H and O–H groups in total. The van der Waals surface area contributed by atoms with Gasteiger partial charge in [0.25, 0.3) is 0 Å². The molecule has 0 radical (unpaired) electrons. The first-order chi connectivity index (χ1) is 16.6. The summed E-state index contributed by atoms with van der Waals surface area (Å²) in [5.74, 6) is 4.74. The van der Waals surface area contributed by atoms with Crippen LogP contribution in [0.15, 0.2) is 109 Å². The van der Waals surface area contributed by atoms with Gasteiger partial charge in [-0.15, -0.1) is 0 Å². The Morgan fingerprint density at radius 3 is 2.12 bits per heavy atom. The summed E-state index contributed by atoms with van der Waals surface area (Å²) in [4.78, 5) is 11.7. The minimum Gasteiger partial charge on any atom is -0.478 e. The Hall–Kier alpha value is -4.68. The van der Waals surface area contributed by atoms with Crippen LogP contribution in [-0.4, -0.2) is 11.1 Å². The Kier molecular flexibility index (Phi) is 5.64. The molecular weight excluding hydrogens is 423 g/mol. The molecule has 0 aliphatic carbocycles. The van der Waals surface area contributed by atoms with Gasteiger partial charge in [-0.3, -0.25) is 0 Å². The lowest BCUT2D eigenvalue weighted by atomic mass is 9.97. The standard InChI is InChI=1S/C31H19FO2/c32-27-17-14-22(15-18-27)25-16-19-30(31(33)34)26(20-25)13-10-21-8-11-24(12-9-21)29-7-3-5-23-4-1-2-6-28(23)29/h1-9,11-12,14-20H,(H,33,34). The minimum absolute atomic E-state index is 0.130. The lowest BCUT2D eigenvalue weighted by Gasteiger charge is -2.07. The van der Waals surface area contributed by atoms with Crippen LogP contribution in [0.3, 0.4) is 0 Å². The molecule has 0 aliphatic rings. The quantitative estimate of drug-likeness (QED) is 0.295. The number of aromatic carboxylic acids is 1. The van der Waals surface area contributed by atoms with Gasteiger partial charge in [0.2, 0.25) is 0 Å². The highest BCUT2D eigenvalue weighted by Crippen LogP contribution is 2.29. The molecule has 5 rings (SSSR count). The summed E-state index contributed by atoms with van der Waals surface area (Å²) in [5.41, 5.74) is 5.14. The van der Waals surface area contributed by atoms with E-state index in [0.29, 0.717) is 5.56 Å². The summed E-state index contributed by atoms with van der Waals surface area (Å²) in [5, 5.41) is 12.0. The molecule has 0 bridgehead atoms. The van der Waals surface area contributed by atoms with Gasteiger partial charge in [-0.2, -0.15) is 0 Å². The van der Waals surface area contributed by atoms with Gasteiger partial charge >= 0.3 is 5.97 Å². The molecular formula is C31H19FO2. The molecule has 0 spiro atoms. The molecule has 0 amide bonds. The monoisotopic (exact) mass is 442 g/mol. The molecule has 2 nitrogen and oxygen atoms in total. The Morgan fingerprint density at radius 1 is 0.676 bits per heavy atom. The van der Waals surface area contributed by atoms with Crippen LogP contribution in [0.4, 0.5) is 4.39 Å². The number of halogens is 1. The predicted octanol–water partition coefficient (Wildman–Crippen LogP) is 7.41. The molecule has 0 atom stereocenters. The summed E-state index contributed by atoms with van der Waals surface area (Å²) < 4.78 is 13.3. The number of hydrogen-bond donors (Lipinski definition) is 1. The van der Waals surface area contributed by atoms with Crippen LogP contribution < -0.4 is 0 Å². The third-order valence-electron chi connectivity index (χ3n) is 5.75. The first-order valence-electron chi connectivity index (χ1n) is 10.8. The zero-order chi connectivity index (χ0) is 23.5.